The number of hydrogen-bond acceptors (Lipinski definition) is 4. The van der Waals surface area contributed by atoms with Crippen LogP contribution in [0.4, 0.5) is 5.69 Å². The molecule has 0 bridgehead atoms. The van der Waals surface area contributed by atoms with E-state index >= 15 is 0 Å². The van der Waals surface area contributed by atoms with Gasteiger partial charge in [-0.2, -0.15) is 0 Å². The van der Waals surface area contributed by atoms with E-state index < -0.39 is 0 Å². The first-order valence-corrected chi connectivity index (χ1v) is 6.53. The Morgan fingerprint density at radius 1 is 1.44 bits per heavy atom. The number of nitrogens with zero attached hydrogens (tertiary/aromatic N) is 1. The lowest BCUT2D eigenvalue weighted by Crippen LogP contribution is -2.27. The van der Waals surface area contributed by atoms with Gasteiger partial charge in [0.25, 0.3) is 5.91 Å². The molecular weight excluding hydrogens is 246 g/mol. The zero-order valence-electron chi connectivity index (χ0n) is 10.3. The van der Waals surface area contributed by atoms with Crippen molar-refractivity contribution in [1.82, 2.24) is 10.3 Å². The molecule has 1 aromatic heterocycles. The van der Waals surface area contributed by atoms with Gasteiger partial charge in [-0.05, 0) is 26.0 Å². The highest BCUT2D eigenvalue weighted by Crippen LogP contribution is 2.19. The Balaban J connectivity index is 2.10. The molecule has 1 aromatic carbocycles. The predicted octanol–water partition coefficient (Wildman–Crippen LogP) is 2.52. The average molecular weight is 261 g/mol. The van der Waals surface area contributed by atoms with Crippen molar-refractivity contribution in [2.24, 2.45) is 0 Å². The number of rotatable bonds is 3. The number of benzene rings is 1. The zero-order chi connectivity index (χ0) is 13.1. The minimum atomic E-state index is -0.173. The second kappa shape index (κ2) is 5.18. The van der Waals surface area contributed by atoms with E-state index in [1.807, 2.05) is 19.2 Å². The molecule has 0 aliphatic carbocycles. The average Bonchev–Trinajstić information content (AvgIpc) is 2.76. The molecule has 0 spiro atoms. The quantitative estimate of drug-likeness (QED) is 0.834. The molecule has 0 radical (unpaired) electrons. The molecule has 1 heterocycles. The first-order valence-electron chi connectivity index (χ1n) is 5.65. The van der Waals surface area contributed by atoms with Crippen molar-refractivity contribution in [1.29, 1.82) is 0 Å². The summed E-state index contributed by atoms with van der Waals surface area (Å²) in [5.74, 6) is -0.173. The van der Waals surface area contributed by atoms with Gasteiger partial charge in [-0.1, -0.05) is 12.1 Å². The molecular formula is C13H15N3OS. The normalized spacial score (nSPS) is 12.1. The van der Waals surface area contributed by atoms with Crippen LogP contribution in [0.1, 0.15) is 34.0 Å². The van der Waals surface area contributed by atoms with E-state index in [2.05, 4.69) is 10.3 Å². The highest BCUT2D eigenvalue weighted by atomic mass is 32.1. The highest BCUT2D eigenvalue weighted by molar-refractivity contribution is 7.09. The molecule has 5 heteroatoms. The Labute approximate surface area is 110 Å². The van der Waals surface area contributed by atoms with Crippen LogP contribution in [0.3, 0.4) is 0 Å². The van der Waals surface area contributed by atoms with Gasteiger partial charge in [-0.15, -0.1) is 11.3 Å². The Kier molecular flexibility index (Phi) is 3.62. The number of carbonyl (C=O) groups is 1. The second-order valence-electron chi connectivity index (χ2n) is 4.11. The molecule has 2 rings (SSSR count). The minimum Gasteiger partial charge on any atom is -0.398 e. The van der Waals surface area contributed by atoms with Gasteiger partial charge in [0.2, 0.25) is 0 Å². The van der Waals surface area contributed by atoms with Crippen molar-refractivity contribution in [2.45, 2.75) is 19.9 Å². The predicted molar refractivity (Wildman–Crippen MR) is 73.6 cm³/mol. The van der Waals surface area contributed by atoms with Gasteiger partial charge >= 0.3 is 0 Å². The van der Waals surface area contributed by atoms with Gasteiger partial charge in [0, 0.05) is 16.8 Å². The summed E-state index contributed by atoms with van der Waals surface area (Å²) in [6, 6.07) is 6.91. The maximum atomic E-state index is 12.0. The number of carbonyl (C=O) groups excluding carboxylic acids is 1. The lowest BCUT2D eigenvalue weighted by Gasteiger charge is -2.12. The number of para-hydroxylation sites is 1. The van der Waals surface area contributed by atoms with Gasteiger partial charge in [-0.25, -0.2) is 4.98 Å². The maximum Gasteiger partial charge on any atom is 0.253 e. The highest BCUT2D eigenvalue weighted by Gasteiger charge is 2.15. The molecule has 1 unspecified atom stereocenters. The molecule has 94 valence electrons. The maximum absolute atomic E-state index is 12.0. The first-order chi connectivity index (χ1) is 8.58. The molecule has 2 aromatic rings. The minimum absolute atomic E-state index is 0.115. The molecule has 0 aliphatic rings. The molecule has 0 saturated heterocycles. The molecule has 1 amide bonds. The smallest absolute Gasteiger partial charge is 0.253 e. The number of aryl methyl sites for hydroxylation is 1. The Morgan fingerprint density at radius 3 is 2.78 bits per heavy atom. The van der Waals surface area contributed by atoms with Crippen molar-refractivity contribution in [3.8, 4) is 0 Å². The number of amides is 1. The Morgan fingerprint density at radius 2 is 2.17 bits per heavy atom. The van der Waals surface area contributed by atoms with Crippen molar-refractivity contribution in [3.05, 3.63) is 45.9 Å². The van der Waals surface area contributed by atoms with E-state index in [9.17, 15) is 4.79 Å². The Hall–Kier alpha value is -1.88. The van der Waals surface area contributed by atoms with Crippen LogP contribution in [0, 0.1) is 6.92 Å². The number of nitrogens with one attached hydrogen (secondary N) is 1. The number of thiazole rings is 1. The fraction of sp³-hybridized carbons (Fsp3) is 0.231. The van der Waals surface area contributed by atoms with Crippen LogP contribution in [0.15, 0.2) is 29.6 Å². The number of nitrogens with two attached hydrogens (primary N) is 1. The topological polar surface area (TPSA) is 68.0 Å². The summed E-state index contributed by atoms with van der Waals surface area (Å²) < 4.78 is 0. The van der Waals surface area contributed by atoms with E-state index in [1.165, 1.54) is 0 Å². The van der Waals surface area contributed by atoms with E-state index in [-0.39, 0.29) is 11.9 Å². The van der Waals surface area contributed by atoms with Crippen LogP contribution < -0.4 is 11.1 Å². The van der Waals surface area contributed by atoms with Crippen molar-refractivity contribution >= 4 is 22.9 Å². The van der Waals surface area contributed by atoms with Crippen LogP contribution in [0.25, 0.3) is 0 Å². The van der Waals surface area contributed by atoms with Crippen LogP contribution >= 0.6 is 11.3 Å². The lowest BCUT2D eigenvalue weighted by atomic mass is 10.1. The number of hydrogen-bond donors (Lipinski definition) is 2. The van der Waals surface area contributed by atoms with Gasteiger partial charge < -0.3 is 11.1 Å². The summed E-state index contributed by atoms with van der Waals surface area (Å²) in [7, 11) is 0. The standard InChI is InChI=1S/C13H15N3OS/c1-8-7-18-13(15-8)9(2)16-12(17)10-5-3-4-6-11(10)14/h3-7,9H,14H2,1-2H3,(H,16,17). The van der Waals surface area contributed by atoms with Crippen LogP contribution in [0.5, 0.6) is 0 Å². The summed E-state index contributed by atoms with van der Waals surface area (Å²) in [4.78, 5) is 16.4. The molecule has 18 heavy (non-hydrogen) atoms. The second-order valence-corrected chi connectivity index (χ2v) is 5.00. The summed E-state index contributed by atoms with van der Waals surface area (Å²) in [5, 5.41) is 5.76. The van der Waals surface area contributed by atoms with Gasteiger partial charge in [-0.3, -0.25) is 4.79 Å². The van der Waals surface area contributed by atoms with Gasteiger partial charge in [0.1, 0.15) is 5.01 Å². The third-order valence-corrected chi connectivity index (χ3v) is 3.71. The van der Waals surface area contributed by atoms with E-state index in [4.69, 9.17) is 5.73 Å². The molecule has 3 N–H and O–H groups in total. The van der Waals surface area contributed by atoms with Crippen LogP contribution in [0.2, 0.25) is 0 Å². The third kappa shape index (κ3) is 2.68. The van der Waals surface area contributed by atoms with Crippen molar-refractivity contribution < 1.29 is 4.79 Å². The van der Waals surface area contributed by atoms with Crippen LogP contribution in [-0.2, 0) is 0 Å². The summed E-state index contributed by atoms with van der Waals surface area (Å²) in [5.41, 5.74) is 7.72. The summed E-state index contributed by atoms with van der Waals surface area (Å²) in [6.07, 6.45) is 0. The largest absolute Gasteiger partial charge is 0.398 e. The zero-order valence-corrected chi connectivity index (χ0v) is 11.1. The molecule has 0 fully saturated rings. The fourth-order valence-electron chi connectivity index (χ4n) is 1.61. The Bertz CT molecular complexity index is 565. The third-order valence-electron chi connectivity index (χ3n) is 2.56. The van der Waals surface area contributed by atoms with E-state index in [0.29, 0.717) is 11.3 Å². The van der Waals surface area contributed by atoms with E-state index in [0.717, 1.165) is 10.7 Å². The lowest BCUT2D eigenvalue weighted by molar-refractivity contribution is 0.0940. The van der Waals surface area contributed by atoms with Crippen LogP contribution in [-0.4, -0.2) is 10.9 Å². The van der Waals surface area contributed by atoms with E-state index in [1.54, 1.807) is 35.6 Å². The first kappa shape index (κ1) is 12.6. The van der Waals surface area contributed by atoms with Crippen molar-refractivity contribution in [2.75, 3.05) is 5.73 Å². The van der Waals surface area contributed by atoms with Gasteiger partial charge in [0.05, 0.1) is 11.6 Å². The molecule has 0 aliphatic heterocycles. The number of nitrogen functional groups attached to an aromatic ring is 1. The number of aromatic nitrogens is 1. The molecule has 1 atom stereocenters. The number of anilines is 1. The molecule has 0 saturated carbocycles. The molecule has 4 nitrogen and oxygen atoms in total. The fourth-order valence-corrected chi connectivity index (χ4v) is 2.41. The summed E-state index contributed by atoms with van der Waals surface area (Å²) in [6.45, 7) is 3.85. The van der Waals surface area contributed by atoms with Gasteiger partial charge in [0.15, 0.2) is 0 Å². The summed E-state index contributed by atoms with van der Waals surface area (Å²) >= 11 is 1.54. The monoisotopic (exact) mass is 261 g/mol. The SMILES string of the molecule is Cc1csc(C(C)NC(=O)c2ccccc2N)n1. The van der Waals surface area contributed by atoms with Crippen molar-refractivity contribution in [3.63, 3.8) is 0 Å².